The molecule has 0 fully saturated rings. The molecule has 2 amide bonds. The van der Waals surface area contributed by atoms with Crippen LogP contribution in [0.4, 0.5) is 11.4 Å². The van der Waals surface area contributed by atoms with E-state index in [2.05, 4.69) is 20.9 Å². The standard InChI is InChI=1S/C22H25N5O6/c1-13-21(22(29)24-18-11-15(30-2)6-7-19(18)33-5)25-26-27(13)12-20(28)23-14-8-16(31-3)10-17(9-14)32-4/h6-11H,12H2,1-5H3,(H,23,28)(H,24,29). The highest BCUT2D eigenvalue weighted by molar-refractivity contribution is 6.04. The van der Waals surface area contributed by atoms with E-state index in [9.17, 15) is 9.59 Å². The molecule has 0 saturated carbocycles. The van der Waals surface area contributed by atoms with Crippen LogP contribution in [0, 0.1) is 6.92 Å². The molecule has 0 aliphatic heterocycles. The molecule has 2 aromatic carbocycles. The van der Waals surface area contributed by atoms with Crippen LogP contribution in [-0.4, -0.2) is 55.2 Å². The molecule has 174 valence electrons. The Kier molecular flexibility index (Phi) is 7.34. The SMILES string of the molecule is COc1cc(NC(=O)Cn2nnc(C(=O)Nc3cc(OC)ccc3OC)c2C)cc(OC)c1. The number of nitrogens with one attached hydrogen (secondary N) is 2. The lowest BCUT2D eigenvalue weighted by Crippen LogP contribution is -2.21. The number of aromatic nitrogens is 3. The number of hydrogen-bond acceptors (Lipinski definition) is 8. The third-order valence-corrected chi connectivity index (χ3v) is 4.78. The van der Waals surface area contributed by atoms with Gasteiger partial charge in [-0.2, -0.15) is 0 Å². The number of amides is 2. The van der Waals surface area contributed by atoms with E-state index in [-0.39, 0.29) is 18.1 Å². The Morgan fingerprint density at radius 3 is 2.15 bits per heavy atom. The molecule has 1 aromatic heterocycles. The fourth-order valence-corrected chi connectivity index (χ4v) is 3.03. The zero-order valence-electron chi connectivity index (χ0n) is 19.0. The van der Waals surface area contributed by atoms with Crippen LogP contribution in [0.2, 0.25) is 0 Å². The summed E-state index contributed by atoms with van der Waals surface area (Å²) in [7, 11) is 6.06. The average molecular weight is 455 g/mol. The normalized spacial score (nSPS) is 10.3. The third-order valence-electron chi connectivity index (χ3n) is 4.78. The Bertz CT molecular complexity index is 1140. The number of rotatable bonds is 9. The molecule has 0 spiro atoms. The summed E-state index contributed by atoms with van der Waals surface area (Å²) in [5.41, 5.74) is 1.42. The van der Waals surface area contributed by atoms with Gasteiger partial charge in [-0.15, -0.1) is 5.10 Å². The number of carbonyl (C=O) groups is 2. The number of hydrogen-bond donors (Lipinski definition) is 2. The lowest BCUT2D eigenvalue weighted by atomic mass is 10.2. The molecule has 0 aliphatic carbocycles. The van der Waals surface area contributed by atoms with Crippen molar-refractivity contribution >= 4 is 23.2 Å². The molecule has 0 aliphatic rings. The van der Waals surface area contributed by atoms with Crippen LogP contribution >= 0.6 is 0 Å². The predicted molar refractivity (Wildman–Crippen MR) is 120 cm³/mol. The van der Waals surface area contributed by atoms with Crippen molar-refractivity contribution in [1.82, 2.24) is 15.0 Å². The smallest absolute Gasteiger partial charge is 0.278 e. The minimum atomic E-state index is -0.497. The van der Waals surface area contributed by atoms with E-state index >= 15 is 0 Å². The number of anilines is 2. The molecule has 0 bridgehead atoms. The van der Waals surface area contributed by atoms with Crippen molar-refractivity contribution in [2.24, 2.45) is 0 Å². The van der Waals surface area contributed by atoms with E-state index in [4.69, 9.17) is 18.9 Å². The summed E-state index contributed by atoms with van der Waals surface area (Å²) in [4.78, 5) is 25.3. The van der Waals surface area contributed by atoms with Gasteiger partial charge in [-0.25, -0.2) is 4.68 Å². The molecular weight excluding hydrogens is 430 g/mol. The fraction of sp³-hybridized carbons (Fsp3) is 0.273. The van der Waals surface area contributed by atoms with Gasteiger partial charge in [0.05, 0.1) is 39.8 Å². The zero-order valence-corrected chi connectivity index (χ0v) is 19.0. The number of carbonyl (C=O) groups excluding carboxylic acids is 2. The largest absolute Gasteiger partial charge is 0.497 e. The number of methoxy groups -OCH3 is 4. The highest BCUT2D eigenvalue weighted by Crippen LogP contribution is 2.29. The van der Waals surface area contributed by atoms with E-state index < -0.39 is 5.91 Å². The fourth-order valence-electron chi connectivity index (χ4n) is 3.03. The predicted octanol–water partition coefficient (Wildman–Crippen LogP) is 2.51. The van der Waals surface area contributed by atoms with Crippen LogP contribution in [0.1, 0.15) is 16.2 Å². The van der Waals surface area contributed by atoms with Gasteiger partial charge in [-0.3, -0.25) is 9.59 Å². The molecule has 3 rings (SSSR count). The molecule has 11 heteroatoms. The first kappa shape index (κ1) is 23.4. The van der Waals surface area contributed by atoms with Crippen molar-refractivity contribution in [2.75, 3.05) is 39.1 Å². The van der Waals surface area contributed by atoms with E-state index in [0.29, 0.717) is 40.1 Å². The second-order valence-corrected chi connectivity index (χ2v) is 6.85. The Balaban J connectivity index is 1.72. The summed E-state index contributed by atoms with van der Waals surface area (Å²) < 4.78 is 22.2. The van der Waals surface area contributed by atoms with Gasteiger partial charge in [0.25, 0.3) is 5.91 Å². The van der Waals surface area contributed by atoms with E-state index in [1.807, 2.05) is 0 Å². The van der Waals surface area contributed by atoms with Crippen molar-refractivity contribution < 1.29 is 28.5 Å². The van der Waals surface area contributed by atoms with Crippen molar-refractivity contribution in [3.8, 4) is 23.0 Å². The van der Waals surface area contributed by atoms with Gasteiger partial charge < -0.3 is 29.6 Å². The highest BCUT2D eigenvalue weighted by Gasteiger charge is 2.20. The topological polar surface area (TPSA) is 126 Å². The van der Waals surface area contributed by atoms with Gasteiger partial charge in [0.2, 0.25) is 5.91 Å². The number of benzene rings is 2. The minimum Gasteiger partial charge on any atom is -0.497 e. The summed E-state index contributed by atoms with van der Waals surface area (Å²) in [5.74, 6) is 1.23. The molecule has 11 nitrogen and oxygen atoms in total. The van der Waals surface area contributed by atoms with Crippen molar-refractivity contribution in [2.45, 2.75) is 13.5 Å². The van der Waals surface area contributed by atoms with E-state index in [1.165, 1.54) is 33.1 Å². The monoisotopic (exact) mass is 455 g/mol. The van der Waals surface area contributed by atoms with Crippen LogP contribution in [0.25, 0.3) is 0 Å². The van der Waals surface area contributed by atoms with Gasteiger partial charge in [0.1, 0.15) is 29.5 Å². The average Bonchev–Trinajstić information content (AvgIpc) is 3.18. The minimum absolute atomic E-state index is 0.0794. The van der Waals surface area contributed by atoms with Crippen LogP contribution in [0.3, 0.4) is 0 Å². The molecule has 0 saturated heterocycles. The number of nitrogens with zero attached hydrogens (tertiary/aromatic N) is 3. The van der Waals surface area contributed by atoms with Gasteiger partial charge in [-0.1, -0.05) is 5.21 Å². The highest BCUT2D eigenvalue weighted by atomic mass is 16.5. The quantitative estimate of drug-likeness (QED) is 0.504. The second kappa shape index (κ2) is 10.4. The Hall–Kier alpha value is -4.28. The maximum atomic E-state index is 12.8. The summed E-state index contributed by atoms with van der Waals surface area (Å²) in [6.07, 6.45) is 0. The summed E-state index contributed by atoms with van der Waals surface area (Å²) in [6, 6.07) is 10.0. The van der Waals surface area contributed by atoms with Crippen LogP contribution in [-0.2, 0) is 11.3 Å². The second-order valence-electron chi connectivity index (χ2n) is 6.85. The van der Waals surface area contributed by atoms with E-state index in [0.717, 1.165) is 0 Å². The third kappa shape index (κ3) is 5.50. The first-order valence-electron chi connectivity index (χ1n) is 9.84. The van der Waals surface area contributed by atoms with Crippen LogP contribution in [0.15, 0.2) is 36.4 Å². The van der Waals surface area contributed by atoms with Crippen molar-refractivity contribution in [3.63, 3.8) is 0 Å². The van der Waals surface area contributed by atoms with Crippen LogP contribution < -0.4 is 29.6 Å². The lowest BCUT2D eigenvalue weighted by molar-refractivity contribution is -0.117. The van der Waals surface area contributed by atoms with Crippen molar-refractivity contribution in [3.05, 3.63) is 47.8 Å². The molecule has 3 aromatic rings. The first-order chi connectivity index (χ1) is 15.9. The molecule has 0 unspecified atom stereocenters. The molecule has 0 atom stereocenters. The summed E-state index contributed by atoms with van der Waals surface area (Å²) >= 11 is 0. The molecular formula is C22H25N5O6. The van der Waals surface area contributed by atoms with Crippen molar-refractivity contribution in [1.29, 1.82) is 0 Å². The molecule has 0 radical (unpaired) electrons. The maximum Gasteiger partial charge on any atom is 0.278 e. The Morgan fingerprint density at radius 1 is 0.879 bits per heavy atom. The lowest BCUT2D eigenvalue weighted by Gasteiger charge is -2.11. The molecule has 33 heavy (non-hydrogen) atoms. The van der Waals surface area contributed by atoms with E-state index in [1.54, 1.807) is 43.3 Å². The van der Waals surface area contributed by atoms with Gasteiger partial charge >= 0.3 is 0 Å². The zero-order chi connectivity index (χ0) is 24.0. The maximum absolute atomic E-state index is 12.8. The van der Waals surface area contributed by atoms with Gasteiger partial charge in [-0.05, 0) is 19.1 Å². The Labute approximate surface area is 190 Å². The molecule has 2 N–H and O–H groups in total. The number of ether oxygens (including phenoxy) is 4. The van der Waals surface area contributed by atoms with Gasteiger partial charge in [0, 0.05) is 30.0 Å². The Morgan fingerprint density at radius 2 is 1.55 bits per heavy atom. The molecule has 1 heterocycles. The summed E-state index contributed by atoms with van der Waals surface area (Å²) in [5, 5.41) is 13.4. The van der Waals surface area contributed by atoms with Gasteiger partial charge in [0.15, 0.2) is 5.69 Å². The van der Waals surface area contributed by atoms with Crippen LogP contribution in [0.5, 0.6) is 23.0 Å². The first-order valence-corrected chi connectivity index (χ1v) is 9.84. The summed E-state index contributed by atoms with van der Waals surface area (Å²) in [6.45, 7) is 1.51.